The zero-order valence-electron chi connectivity index (χ0n) is 11.4. The summed E-state index contributed by atoms with van der Waals surface area (Å²) in [5.74, 6) is 2.02. The highest BCUT2D eigenvalue weighted by molar-refractivity contribution is 7.07. The number of aromatic nitrogens is 3. The third kappa shape index (κ3) is 4.04. The van der Waals surface area contributed by atoms with Crippen LogP contribution in [0.1, 0.15) is 18.4 Å². The summed E-state index contributed by atoms with van der Waals surface area (Å²) in [6, 6.07) is 1.81. The molecule has 0 fully saturated rings. The lowest BCUT2D eigenvalue weighted by molar-refractivity contribution is 0.128. The van der Waals surface area contributed by atoms with Crippen molar-refractivity contribution in [2.24, 2.45) is 0 Å². The number of rotatable bonds is 7. The molecule has 0 bridgehead atoms. The second-order valence-electron chi connectivity index (χ2n) is 3.97. The first kappa shape index (κ1) is 14.5. The Kier molecular flexibility index (Phi) is 5.08. The minimum atomic E-state index is -0.0579. The molecule has 0 unspecified atom stereocenters. The van der Waals surface area contributed by atoms with Gasteiger partial charge < -0.3 is 20.4 Å². The van der Waals surface area contributed by atoms with E-state index in [9.17, 15) is 4.79 Å². The number of nitrogens with one attached hydrogen (secondary N) is 3. The van der Waals surface area contributed by atoms with Gasteiger partial charge in [-0.1, -0.05) is 11.3 Å². The van der Waals surface area contributed by atoms with Crippen LogP contribution in [-0.4, -0.2) is 28.6 Å². The molecule has 2 aromatic rings. The van der Waals surface area contributed by atoms with Gasteiger partial charge in [-0.25, -0.2) is 9.97 Å². The van der Waals surface area contributed by atoms with Gasteiger partial charge >= 0.3 is 4.87 Å². The number of aromatic amines is 1. The van der Waals surface area contributed by atoms with E-state index < -0.39 is 0 Å². The summed E-state index contributed by atoms with van der Waals surface area (Å²) in [7, 11) is 1.80. The highest BCUT2D eigenvalue weighted by atomic mass is 32.1. The Labute approximate surface area is 120 Å². The monoisotopic (exact) mass is 295 g/mol. The highest BCUT2D eigenvalue weighted by Gasteiger charge is 2.04. The molecule has 8 heteroatoms. The second kappa shape index (κ2) is 7.01. The Morgan fingerprint density at radius 1 is 1.40 bits per heavy atom. The summed E-state index contributed by atoms with van der Waals surface area (Å²) in [5.41, 5.74) is 0.830. The maximum atomic E-state index is 11.1. The van der Waals surface area contributed by atoms with Gasteiger partial charge in [0.1, 0.15) is 18.2 Å². The van der Waals surface area contributed by atoms with Crippen molar-refractivity contribution >= 4 is 23.0 Å². The van der Waals surface area contributed by atoms with Crippen LogP contribution in [0.15, 0.2) is 16.2 Å². The van der Waals surface area contributed by atoms with Crippen LogP contribution >= 0.6 is 11.3 Å². The maximum Gasteiger partial charge on any atom is 0.304 e. The van der Waals surface area contributed by atoms with Crippen molar-refractivity contribution < 1.29 is 4.74 Å². The van der Waals surface area contributed by atoms with Crippen molar-refractivity contribution in [2.45, 2.75) is 20.1 Å². The molecule has 7 nitrogen and oxygen atoms in total. The molecule has 0 aliphatic carbocycles. The van der Waals surface area contributed by atoms with Gasteiger partial charge in [-0.15, -0.1) is 0 Å². The van der Waals surface area contributed by atoms with Gasteiger partial charge in [0, 0.05) is 30.8 Å². The second-order valence-corrected chi connectivity index (χ2v) is 4.81. The van der Waals surface area contributed by atoms with Gasteiger partial charge in [0.2, 0.25) is 0 Å². The maximum absolute atomic E-state index is 11.1. The normalized spacial score (nSPS) is 10.5. The summed E-state index contributed by atoms with van der Waals surface area (Å²) in [6.45, 7) is 3.42. The number of ether oxygens (including phenoxy) is 1. The summed E-state index contributed by atoms with van der Waals surface area (Å²) < 4.78 is 5.31. The van der Waals surface area contributed by atoms with Crippen LogP contribution in [0.25, 0.3) is 0 Å². The minimum Gasteiger partial charge on any atom is -0.374 e. The Morgan fingerprint density at radius 2 is 2.20 bits per heavy atom. The highest BCUT2D eigenvalue weighted by Crippen LogP contribution is 2.12. The Balaban J connectivity index is 2.07. The molecule has 2 aromatic heterocycles. The van der Waals surface area contributed by atoms with Crippen molar-refractivity contribution in [3.05, 3.63) is 32.6 Å². The van der Waals surface area contributed by atoms with Crippen LogP contribution in [0.2, 0.25) is 0 Å². The number of thiazole rings is 1. The zero-order valence-corrected chi connectivity index (χ0v) is 12.2. The lowest BCUT2D eigenvalue weighted by Crippen LogP contribution is -2.08. The molecule has 3 N–H and O–H groups in total. The summed E-state index contributed by atoms with van der Waals surface area (Å²) in [5, 5.41) is 7.93. The average Bonchev–Trinajstić information content (AvgIpc) is 2.88. The first-order valence-corrected chi connectivity index (χ1v) is 7.13. The smallest absolute Gasteiger partial charge is 0.304 e. The fourth-order valence-corrected chi connectivity index (χ4v) is 2.14. The molecule has 0 aromatic carbocycles. The van der Waals surface area contributed by atoms with Gasteiger partial charge in [0.25, 0.3) is 0 Å². The van der Waals surface area contributed by atoms with E-state index >= 15 is 0 Å². The van der Waals surface area contributed by atoms with E-state index in [0.29, 0.717) is 31.4 Å². The number of H-pyrrole nitrogens is 1. The molecule has 0 aliphatic heterocycles. The molecule has 2 rings (SSSR count). The van der Waals surface area contributed by atoms with E-state index in [1.54, 1.807) is 18.5 Å². The Hall–Kier alpha value is -1.93. The van der Waals surface area contributed by atoms with Gasteiger partial charge in [0.05, 0.1) is 6.54 Å². The fourth-order valence-electron chi connectivity index (χ4n) is 1.56. The van der Waals surface area contributed by atoms with Crippen molar-refractivity contribution in [1.82, 2.24) is 15.0 Å². The van der Waals surface area contributed by atoms with E-state index in [4.69, 9.17) is 4.74 Å². The molecule has 2 heterocycles. The van der Waals surface area contributed by atoms with E-state index in [2.05, 4.69) is 25.6 Å². The van der Waals surface area contributed by atoms with Crippen LogP contribution in [0.5, 0.6) is 0 Å². The fraction of sp³-hybridized carbons (Fsp3) is 0.417. The van der Waals surface area contributed by atoms with Crippen LogP contribution in [0.4, 0.5) is 11.6 Å². The third-order valence-corrected chi connectivity index (χ3v) is 3.21. The zero-order chi connectivity index (χ0) is 14.4. The van der Waals surface area contributed by atoms with Crippen LogP contribution in [0.3, 0.4) is 0 Å². The predicted octanol–water partition coefficient (Wildman–Crippen LogP) is 1.42. The molecule has 20 heavy (non-hydrogen) atoms. The topological polar surface area (TPSA) is 91.9 Å². The van der Waals surface area contributed by atoms with E-state index in [-0.39, 0.29) is 4.87 Å². The summed E-state index contributed by atoms with van der Waals surface area (Å²) in [6.07, 6.45) is 0. The van der Waals surface area contributed by atoms with Crippen molar-refractivity contribution in [1.29, 1.82) is 0 Å². The van der Waals surface area contributed by atoms with E-state index in [1.165, 1.54) is 0 Å². The van der Waals surface area contributed by atoms with E-state index in [1.807, 2.05) is 6.92 Å². The molecule has 0 aliphatic rings. The van der Waals surface area contributed by atoms with Crippen LogP contribution in [-0.2, 0) is 17.9 Å². The number of nitrogens with zero attached hydrogens (tertiary/aromatic N) is 2. The average molecular weight is 295 g/mol. The molecular formula is C12H17N5O2S. The van der Waals surface area contributed by atoms with Crippen molar-refractivity contribution in [3.63, 3.8) is 0 Å². The standard InChI is InChI=1S/C12H17N5O2S/c1-3-19-6-11-16-9(13-2)4-10(17-11)14-5-8-7-20-12(18)15-8/h4,7H,3,5-6H2,1-2H3,(H,15,18)(H2,13,14,16,17). The van der Waals surface area contributed by atoms with Crippen molar-refractivity contribution in [3.8, 4) is 0 Å². The van der Waals surface area contributed by atoms with Crippen LogP contribution in [0, 0.1) is 0 Å². The predicted molar refractivity (Wildman–Crippen MR) is 79.2 cm³/mol. The Morgan fingerprint density at radius 3 is 2.85 bits per heavy atom. The van der Waals surface area contributed by atoms with Gasteiger partial charge in [-0.05, 0) is 6.92 Å². The lowest BCUT2D eigenvalue weighted by atomic mass is 10.4. The quantitative estimate of drug-likeness (QED) is 0.715. The summed E-state index contributed by atoms with van der Waals surface area (Å²) >= 11 is 1.15. The molecule has 0 saturated carbocycles. The van der Waals surface area contributed by atoms with Gasteiger partial charge in [-0.2, -0.15) is 0 Å². The molecular weight excluding hydrogens is 278 g/mol. The molecule has 108 valence electrons. The molecule has 0 spiro atoms. The number of hydrogen-bond donors (Lipinski definition) is 3. The molecule has 0 saturated heterocycles. The largest absolute Gasteiger partial charge is 0.374 e. The first-order valence-electron chi connectivity index (χ1n) is 6.25. The third-order valence-electron chi connectivity index (χ3n) is 2.49. The van der Waals surface area contributed by atoms with Gasteiger partial charge in [0.15, 0.2) is 5.82 Å². The summed E-state index contributed by atoms with van der Waals surface area (Å²) in [4.78, 5) is 22.4. The molecule has 0 amide bonds. The Bertz CT molecular complexity index is 610. The lowest BCUT2D eigenvalue weighted by Gasteiger charge is -2.09. The first-order chi connectivity index (χ1) is 9.71. The minimum absolute atomic E-state index is 0.0579. The van der Waals surface area contributed by atoms with Crippen molar-refractivity contribution in [2.75, 3.05) is 24.3 Å². The SMILES string of the molecule is CCOCc1nc(NC)cc(NCc2csc(=O)[nH]2)n1. The van der Waals surface area contributed by atoms with E-state index in [0.717, 1.165) is 22.8 Å². The van der Waals surface area contributed by atoms with Crippen LogP contribution < -0.4 is 15.5 Å². The number of hydrogen-bond acceptors (Lipinski definition) is 7. The molecule has 0 radical (unpaired) electrons. The van der Waals surface area contributed by atoms with Gasteiger partial charge in [-0.3, -0.25) is 4.79 Å². The molecule has 0 atom stereocenters. The number of anilines is 2.